The van der Waals surface area contributed by atoms with Crippen LogP contribution in [0.5, 0.6) is 0 Å². The smallest absolute Gasteiger partial charge is 0.258 e. The van der Waals surface area contributed by atoms with E-state index in [1.807, 2.05) is 6.07 Å². The Morgan fingerprint density at radius 1 is 1.50 bits per heavy atom. The Hall–Kier alpha value is -0.650. The molecule has 1 aromatic heterocycles. The maximum atomic E-state index is 10.7. The van der Waals surface area contributed by atoms with E-state index in [2.05, 4.69) is 15.9 Å². The van der Waals surface area contributed by atoms with Crippen LogP contribution >= 0.6 is 38.9 Å². The normalized spacial score (nSPS) is 10.7. The Morgan fingerprint density at radius 2 is 2.21 bits per heavy atom. The van der Waals surface area contributed by atoms with E-state index in [4.69, 9.17) is 11.6 Å². The van der Waals surface area contributed by atoms with Crippen LogP contribution in [0.1, 0.15) is 0 Å². The molecule has 14 heavy (non-hydrogen) atoms. The zero-order valence-corrected chi connectivity index (χ0v) is 9.82. The van der Waals surface area contributed by atoms with Crippen molar-refractivity contribution in [2.75, 3.05) is 0 Å². The molecule has 0 saturated carbocycles. The van der Waals surface area contributed by atoms with Crippen LogP contribution in [-0.4, -0.2) is 4.92 Å². The second kappa shape index (κ2) is 3.49. The van der Waals surface area contributed by atoms with Crippen LogP contribution in [0.2, 0.25) is 5.02 Å². The van der Waals surface area contributed by atoms with Gasteiger partial charge in [-0.25, -0.2) is 0 Å². The van der Waals surface area contributed by atoms with Gasteiger partial charge in [0.05, 0.1) is 20.7 Å². The summed E-state index contributed by atoms with van der Waals surface area (Å²) in [5.41, 5.74) is 0.0660. The molecule has 6 heteroatoms. The average molecular weight is 293 g/mol. The lowest BCUT2D eigenvalue weighted by atomic mass is 10.2. The summed E-state index contributed by atoms with van der Waals surface area (Å²) in [6.07, 6.45) is 0. The molecule has 0 radical (unpaired) electrons. The Balaban J connectivity index is 2.89. The highest BCUT2D eigenvalue weighted by Gasteiger charge is 2.18. The number of thiophene rings is 1. The van der Waals surface area contributed by atoms with Crippen LogP contribution in [0, 0.1) is 10.1 Å². The van der Waals surface area contributed by atoms with Crippen molar-refractivity contribution in [2.45, 2.75) is 0 Å². The maximum absolute atomic E-state index is 10.7. The molecule has 0 aliphatic rings. The number of nitro groups is 1. The first-order valence-electron chi connectivity index (χ1n) is 3.61. The average Bonchev–Trinajstić information content (AvgIpc) is 2.55. The van der Waals surface area contributed by atoms with E-state index < -0.39 is 4.92 Å². The van der Waals surface area contributed by atoms with Crippen molar-refractivity contribution in [1.82, 2.24) is 0 Å². The van der Waals surface area contributed by atoms with Crippen LogP contribution < -0.4 is 0 Å². The van der Waals surface area contributed by atoms with Crippen molar-refractivity contribution in [1.29, 1.82) is 0 Å². The van der Waals surface area contributed by atoms with Crippen molar-refractivity contribution >= 4 is 54.6 Å². The predicted octanol–water partition coefficient (Wildman–Crippen LogP) is 4.23. The lowest BCUT2D eigenvalue weighted by Gasteiger charge is -1.96. The summed E-state index contributed by atoms with van der Waals surface area (Å²) in [5, 5.41) is 13.1. The molecule has 1 heterocycles. The highest BCUT2D eigenvalue weighted by molar-refractivity contribution is 9.10. The molecule has 0 amide bonds. The van der Waals surface area contributed by atoms with Gasteiger partial charge in [-0.15, -0.1) is 11.3 Å². The van der Waals surface area contributed by atoms with Gasteiger partial charge >= 0.3 is 0 Å². The molecule has 0 saturated heterocycles. The topological polar surface area (TPSA) is 43.1 Å². The number of nitrogens with zero attached hydrogens (tertiary/aromatic N) is 1. The van der Waals surface area contributed by atoms with E-state index >= 15 is 0 Å². The number of hydrogen-bond donors (Lipinski definition) is 0. The van der Waals surface area contributed by atoms with Gasteiger partial charge in [0, 0.05) is 9.17 Å². The summed E-state index contributed by atoms with van der Waals surface area (Å²) >= 11 is 10.5. The van der Waals surface area contributed by atoms with Gasteiger partial charge in [0.25, 0.3) is 5.69 Å². The molecule has 0 N–H and O–H groups in total. The molecule has 0 fully saturated rings. The molecule has 72 valence electrons. The number of benzene rings is 1. The third-order valence-electron chi connectivity index (χ3n) is 1.81. The molecule has 0 aliphatic heterocycles. The van der Waals surface area contributed by atoms with E-state index in [-0.39, 0.29) is 5.69 Å². The molecule has 2 rings (SSSR count). The third-order valence-corrected chi connectivity index (χ3v) is 4.02. The molecular weight excluding hydrogens is 290 g/mol. The van der Waals surface area contributed by atoms with Crippen molar-refractivity contribution in [3.8, 4) is 0 Å². The first kappa shape index (κ1) is 9.89. The van der Waals surface area contributed by atoms with Gasteiger partial charge in [0.15, 0.2) is 0 Å². The summed E-state index contributed by atoms with van der Waals surface area (Å²) in [6, 6.07) is 3.59. The van der Waals surface area contributed by atoms with Crippen LogP contribution in [0.3, 0.4) is 0 Å². The van der Waals surface area contributed by atoms with Crippen molar-refractivity contribution < 1.29 is 4.92 Å². The Morgan fingerprint density at radius 3 is 2.86 bits per heavy atom. The monoisotopic (exact) mass is 291 g/mol. The summed E-state index contributed by atoms with van der Waals surface area (Å²) in [7, 11) is 0. The number of halogens is 2. The number of rotatable bonds is 1. The van der Waals surface area contributed by atoms with Crippen LogP contribution in [-0.2, 0) is 0 Å². The van der Waals surface area contributed by atoms with Gasteiger partial charge in [-0.3, -0.25) is 10.1 Å². The standard InChI is InChI=1S/C8H3BrClNO2S/c9-4-1-2-6-7(8(4)10)5(3-14-6)11(12)13/h1-3H. The second-order valence-corrected chi connectivity index (χ2v) is 4.76. The molecule has 2 aromatic rings. The molecule has 0 atom stereocenters. The fourth-order valence-electron chi connectivity index (χ4n) is 1.18. The van der Waals surface area contributed by atoms with E-state index in [9.17, 15) is 10.1 Å². The van der Waals surface area contributed by atoms with Crippen molar-refractivity contribution in [2.24, 2.45) is 0 Å². The molecule has 0 unspecified atom stereocenters. The van der Waals surface area contributed by atoms with Crippen molar-refractivity contribution in [3.05, 3.63) is 37.1 Å². The second-order valence-electron chi connectivity index (χ2n) is 2.61. The largest absolute Gasteiger partial charge is 0.289 e. The van der Waals surface area contributed by atoms with Gasteiger partial charge in [0.1, 0.15) is 0 Å². The summed E-state index contributed by atoms with van der Waals surface area (Å²) in [5.74, 6) is 0. The van der Waals surface area contributed by atoms with Crippen LogP contribution in [0.4, 0.5) is 5.69 Å². The van der Waals surface area contributed by atoms with Gasteiger partial charge in [-0.1, -0.05) is 11.6 Å². The first-order chi connectivity index (χ1) is 6.61. The Labute approximate surface area is 96.6 Å². The minimum absolute atomic E-state index is 0.0660. The lowest BCUT2D eigenvalue weighted by Crippen LogP contribution is -1.85. The van der Waals surface area contributed by atoms with Crippen molar-refractivity contribution in [3.63, 3.8) is 0 Å². The Bertz CT molecular complexity index is 525. The zero-order chi connectivity index (χ0) is 10.3. The maximum Gasteiger partial charge on any atom is 0.289 e. The summed E-state index contributed by atoms with van der Waals surface area (Å²) in [6.45, 7) is 0. The van der Waals surface area contributed by atoms with E-state index in [1.165, 1.54) is 16.7 Å². The summed E-state index contributed by atoms with van der Waals surface area (Å²) in [4.78, 5) is 10.3. The predicted molar refractivity (Wildman–Crippen MR) is 61.2 cm³/mol. The highest BCUT2D eigenvalue weighted by Crippen LogP contribution is 2.40. The molecule has 1 aromatic carbocycles. The van der Waals surface area contributed by atoms with E-state index in [0.29, 0.717) is 14.9 Å². The molecule has 0 spiro atoms. The zero-order valence-electron chi connectivity index (χ0n) is 6.66. The Kier molecular flexibility index (Phi) is 2.47. The fourth-order valence-corrected chi connectivity index (χ4v) is 2.74. The van der Waals surface area contributed by atoms with E-state index in [0.717, 1.165) is 4.70 Å². The summed E-state index contributed by atoms with van der Waals surface area (Å²) < 4.78 is 1.50. The van der Waals surface area contributed by atoms with Gasteiger partial charge in [-0.05, 0) is 28.1 Å². The van der Waals surface area contributed by atoms with Gasteiger partial charge < -0.3 is 0 Å². The minimum atomic E-state index is -0.419. The third kappa shape index (κ3) is 1.41. The first-order valence-corrected chi connectivity index (χ1v) is 5.66. The molecular formula is C8H3BrClNO2S. The molecule has 3 nitrogen and oxygen atoms in total. The van der Waals surface area contributed by atoms with Crippen LogP contribution in [0.25, 0.3) is 10.1 Å². The van der Waals surface area contributed by atoms with Gasteiger partial charge in [0.2, 0.25) is 0 Å². The van der Waals surface area contributed by atoms with Gasteiger partial charge in [-0.2, -0.15) is 0 Å². The lowest BCUT2D eigenvalue weighted by molar-refractivity contribution is -0.382. The SMILES string of the molecule is O=[N+]([O-])c1csc2ccc(Br)c(Cl)c12. The minimum Gasteiger partial charge on any atom is -0.258 e. The number of hydrogen-bond acceptors (Lipinski definition) is 3. The molecule has 0 bridgehead atoms. The quantitative estimate of drug-likeness (QED) is 0.583. The molecule has 0 aliphatic carbocycles. The fraction of sp³-hybridized carbons (Fsp3) is 0. The van der Waals surface area contributed by atoms with E-state index in [1.54, 1.807) is 6.07 Å². The van der Waals surface area contributed by atoms with Crippen LogP contribution in [0.15, 0.2) is 22.0 Å². The highest BCUT2D eigenvalue weighted by atomic mass is 79.9. The number of fused-ring (bicyclic) bond motifs is 1.